The lowest BCUT2D eigenvalue weighted by Gasteiger charge is -1.97. The van der Waals surface area contributed by atoms with E-state index in [4.69, 9.17) is 28.3 Å². The zero-order valence-corrected chi connectivity index (χ0v) is 12.5. The lowest BCUT2D eigenvalue weighted by atomic mass is 10.1. The molecule has 0 radical (unpaired) electrons. The molecule has 0 saturated heterocycles. The van der Waals surface area contributed by atoms with Crippen LogP contribution in [-0.2, 0) is 4.79 Å². The molecule has 0 spiro atoms. The first-order valence-electron chi connectivity index (χ1n) is 6.19. The molecule has 106 valence electrons. The number of phenolic OH excluding ortho intramolecular Hbond substituents is 1. The molecule has 0 aliphatic carbocycles. The lowest BCUT2D eigenvalue weighted by molar-refractivity contribution is -0.110. The molecule has 2 rings (SSSR count). The van der Waals surface area contributed by atoms with Crippen molar-refractivity contribution in [1.29, 1.82) is 0 Å². The minimum atomic E-state index is -0.158. The molecule has 2 nitrogen and oxygen atoms in total. The molecule has 4 heteroatoms. The van der Waals surface area contributed by atoms with Crippen molar-refractivity contribution in [2.45, 2.75) is 0 Å². The number of carbonyl (C=O) groups is 1. The SMILES string of the molecule is O=C(/C=C/c1ccc(O)cc1)/C=C/c1ccc(Cl)cc1Cl. The molecule has 0 bridgehead atoms. The zero-order valence-electron chi connectivity index (χ0n) is 11.0. The van der Waals surface area contributed by atoms with Crippen LogP contribution in [0.5, 0.6) is 5.75 Å². The number of allylic oxidation sites excluding steroid dienone is 2. The molecule has 0 unspecified atom stereocenters. The first-order valence-corrected chi connectivity index (χ1v) is 6.94. The summed E-state index contributed by atoms with van der Waals surface area (Å²) in [6.07, 6.45) is 6.20. The van der Waals surface area contributed by atoms with E-state index in [0.717, 1.165) is 11.1 Å². The second-order valence-electron chi connectivity index (χ2n) is 4.33. The minimum Gasteiger partial charge on any atom is -0.508 e. The lowest BCUT2D eigenvalue weighted by Crippen LogP contribution is -1.85. The van der Waals surface area contributed by atoms with Gasteiger partial charge in [-0.2, -0.15) is 0 Å². The number of phenols is 1. The fraction of sp³-hybridized carbons (Fsp3) is 0. The maximum absolute atomic E-state index is 11.7. The van der Waals surface area contributed by atoms with E-state index in [1.807, 2.05) is 0 Å². The quantitative estimate of drug-likeness (QED) is 0.806. The van der Waals surface area contributed by atoms with E-state index in [-0.39, 0.29) is 11.5 Å². The molecule has 0 atom stereocenters. The van der Waals surface area contributed by atoms with Crippen LogP contribution < -0.4 is 0 Å². The number of carbonyl (C=O) groups excluding carboxylic acids is 1. The highest BCUT2D eigenvalue weighted by Crippen LogP contribution is 2.22. The first kappa shape index (κ1) is 15.4. The molecule has 0 amide bonds. The van der Waals surface area contributed by atoms with Gasteiger partial charge in [0, 0.05) is 10.0 Å². The summed E-state index contributed by atoms with van der Waals surface area (Å²) in [4.78, 5) is 11.7. The molecule has 0 heterocycles. The maximum Gasteiger partial charge on any atom is 0.178 e. The maximum atomic E-state index is 11.7. The van der Waals surface area contributed by atoms with Gasteiger partial charge in [-0.1, -0.05) is 47.5 Å². The van der Waals surface area contributed by atoms with Gasteiger partial charge >= 0.3 is 0 Å². The summed E-state index contributed by atoms with van der Waals surface area (Å²) in [7, 11) is 0. The van der Waals surface area contributed by atoms with Gasteiger partial charge in [0.2, 0.25) is 0 Å². The smallest absolute Gasteiger partial charge is 0.178 e. The van der Waals surface area contributed by atoms with Crippen LogP contribution in [0.1, 0.15) is 11.1 Å². The summed E-state index contributed by atoms with van der Waals surface area (Å²) in [5.74, 6) is 0.0323. The summed E-state index contributed by atoms with van der Waals surface area (Å²) in [5.41, 5.74) is 1.56. The van der Waals surface area contributed by atoms with E-state index in [2.05, 4.69) is 0 Å². The van der Waals surface area contributed by atoms with E-state index in [9.17, 15) is 4.79 Å². The normalized spacial score (nSPS) is 11.3. The van der Waals surface area contributed by atoms with Crippen LogP contribution in [0.3, 0.4) is 0 Å². The van der Waals surface area contributed by atoms with Crippen LogP contribution in [0.2, 0.25) is 10.0 Å². The Kier molecular flexibility index (Phi) is 5.20. The predicted molar refractivity (Wildman–Crippen MR) is 87.6 cm³/mol. The highest BCUT2D eigenvalue weighted by Gasteiger charge is 1.98. The van der Waals surface area contributed by atoms with Crippen molar-refractivity contribution in [3.8, 4) is 5.75 Å². The van der Waals surface area contributed by atoms with Crippen molar-refractivity contribution in [3.05, 3.63) is 75.8 Å². The number of ketones is 1. The number of benzene rings is 2. The van der Waals surface area contributed by atoms with Crippen molar-refractivity contribution in [2.75, 3.05) is 0 Å². The van der Waals surface area contributed by atoms with Gasteiger partial charge in [0.15, 0.2) is 5.78 Å². The second-order valence-corrected chi connectivity index (χ2v) is 5.17. The summed E-state index contributed by atoms with van der Waals surface area (Å²) in [5, 5.41) is 10.2. The van der Waals surface area contributed by atoms with Crippen LogP contribution >= 0.6 is 23.2 Å². The van der Waals surface area contributed by atoms with Crippen molar-refractivity contribution in [2.24, 2.45) is 0 Å². The summed E-state index contributed by atoms with van der Waals surface area (Å²) >= 11 is 11.8. The highest BCUT2D eigenvalue weighted by molar-refractivity contribution is 6.35. The Labute approximate surface area is 132 Å². The molecule has 0 fully saturated rings. The predicted octanol–water partition coefficient (Wildman–Crippen LogP) is 4.99. The van der Waals surface area contributed by atoms with Crippen LogP contribution in [0.15, 0.2) is 54.6 Å². The van der Waals surface area contributed by atoms with Gasteiger partial charge in [-0.25, -0.2) is 0 Å². The van der Waals surface area contributed by atoms with Gasteiger partial charge in [-0.05, 0) is 53.6 Å². The Bertz CT molecular complexity index is 701. The van der Waals surface area contributed by atoms with Gasteiger partial charge < -0.3 is 5.11 Å². The molecule has 21 heavy (non-hydrogen) atoms. The average molecular weight is 319 g/mol. The molecule has 0 saturated carbocycles. The van der Waals surface area contributed by atoms with Crippen LogP contribution in [0, 0.1) is 0 Å². The minimum absolute atomic E-state index is 0.158. The molecule has 0 aliphatic rings. The Balaban J connectivity index is 2.04. The largest absolute Gasteiger partial charge is 0.508 e. The number of hydrogen-bond donors (Lipinski definition) is 1. The van der Waals surface area contributed by atoms with Crippen molar-refractivity contribution in [1.82, 2.24) is 0 Å². The Morgan fingerprint density at radius 3 is 2.29 bits per heavy atom. The monoisotopic (exact) mass is 318 g/mol. The summed E-state index contributed by atoms with van der Waals surface area (Å²) in [6.45, 7) is 0. The molecular weight excluding hydrogens is 307 g/mol. The number of rotatable bonds is 4. The molecule has 1 N–H and O–H groups in total. The van der Waals surface area contributed by atoms with Gasteiger partial charge in [0.25, 0.3) is 0 Å². The van der Waals surface area contributed by atoms with Gasteiger partial charge in [-0.3, -0.25) is 4.79 Å². The summed E-state index contributed by atoms with van der Waals surface area (Å²) < 4.78 is 0. The fourth-order valence-electron chi connectivity index (χ4n) is 1.63. The Morgan fingerprint density at radius 2 is 1.62 bits per heavy atom. The van der Waals surface area contributed by atoms with E-state index in [1.54, 1.807) is 54.6 Å². The number of hydrogen-bond acceptors (Lipinski definition) is 2. The van der Waals surface area contributed by atoms with E-state index < -0.39 is 0 Å². The van der Waals surface area contributed by atoms with E-state index in [1.165, 1.54) is 12.2 Å². The molecular formula is C17H12Cl2O2. The molecule has 2 aromatic carbocycles. The third-order valence-electron chi connectivity index (χ3n) is 2.72. The van der Waals surface area contributed by atoms with E-state index in [0.29, 0.717) is 10.0 Å². The number of aromatic hydroxyl groups is 1. The Hall–Kier alpha value is -2.03. The Morgan fingerprint density at radius 1 is 0.952 bits per heavy atom. The fourth-order valence-corrected chi connectivity index (χ4v) is 2.10. The zero-order chi connectivity index (χ0) is 15.2. The highest BCUT2D eigenvalue weighted by atomic mass is 35.5. The third kappa shape index (κ3) is 4.78. The van der Waals surface area contributed by atoms with Crippen molar-refractivity contribution in [3.63, 3.8) is 0 Å². The topological polar surface area (TPSA) is 37.3 Å². The average Bonchev–Trinajstić information content (AvgIpc) is 2.46. The standard InChI is InChI=1S/C17H12Cl2O2/c18-14-6-4-13(17(19)11-14)5-10-16(21)9-3-12-1-7-15(20)8-2-12/h1-11,20H/b9-3+,10-5+. The van der Waals surface area contributed by atoms with Crippen LogP contribution in [-0.4, -0.2) is 10.9 Å². The van der Waals surface area contributed by atoms with Gasteiger partial charge in [0.1, 0.15) is 5.75 Å². The second kappa shape index (κ2) is 7.11. The molecule has 0 aromatic heterocycles. The van der Waals surface area contributed by atoms with Crippen molar-refractivity contribution < 1.29 is 9.90 Å². The van der Waals surface area contributed by atoms with Crippen LogP contribution in [0.25, 0.3) is 12.2 Å². The summed E-state index contributed by atoms with van der Waals surface area (Å²) in [6, 6.07) is 11.7. The number of halogens is 2. The molecule has 2 aromatic rings. The van der Waals surface area contributed by atoms with Crippen molar-refractivity contribution >= 4 is 41.1 Å². The van der Waals surface area contributed by atoms with Gasteiger partial charge in [0.05, 0.1) is 0 Å². The third-order valence-corrected chi connectivity index (χ3v) is 3.29. The molecule has 0 aliphatic heterocycles. The van der Waals surface area contributed by atoms with Crippen LogP contribution in [0.4, 0.5) is 0 Å². The van der Waals surface area contributed by atoms with E-state index >= 15 is 0 Å². The van der Waals surface area contributed by atoms with Gasteiger partial charge in [-0.15, -0.1) is 0 Å². The first-order chi connectivity index (χ1) is 10.0.